The van der Waals surface area contributed by atoms with Crippen LogP contribution < -0.4 is 0 Å². The first-order valence-corrected chi connectivity index (χ1v) is 4.32. The molecule has 1 aliphatic rings. The normalized spacial score (nSPS) is 22.8. The summed E-state index contributed by atoms with van der Waals surface area (Å²) in [5, 5.41) is 0. The molecule has 0 spiro atoms. The lowest BCUT2D eigenvalue weighted by atomic mass is 9.72. The first-order valence-electron chi connectivity index (χ1n) is 4.32. The second-order valence-corrected chi connectivity index (χ2v) is 4.17. The van der Waals surface area contributed by atoms with Gasteiger partial charge in [0.25, 0.3) is 0 Å². The van der Waals surface area contributed by atoms with Crippen molar-refractivity contribution in [3.63, 3.8) is 0 Å². The van der Waals surface area contributed by atoms with Gasteiger partial charge in [-0.2, -0.15) is 0 Å². The molecule has 1 aliphatic carbocycles. The van der Waals surface area contributed by atoms with Gasteiger partial charge in [-0.05, 0) is 17.9 Å². The van der Waals surface area contributed by atoms with E-state index in [0.29, 0.717) is 18.6 Å². The second-order valence-electron chi connectivity index (χ2n) is 4.17. The van der Waals surface area contributed by atoms with Gasteiger partial charge >= 0.3 is 0 Å². The van der Waals surface area contributed by atoms with Crippen LogP contribution in [0.2, 0.25) is 0 Å². The molecule has 12 heavy (non-hydrogen) atoms. The molecule has 0 saturated heterocycles. The van der Waals surface area contributed by atoms with E-state index in [-0.39, 0.29) is 5.41 Å². The van der Waals surface area contributed by atoms with Crippen molar-refractivity contribution in [1.29, 1.82) is 0 Å². The summed E-state index contributed by atoms with van der Waals surface area (Å²) < 4.78 is 0. The molecule has 0 unspecified atom stereocenters. The van der Waals surface area contributed by atoms with Crippen molar-refractivity contribution in [2.75, 3.05) is 0 Å². The van der Waals surface area contributed by atoms with E-state index in [1.165, 1.54) is 11.1 Å². The lowest BCUT2D eigenvalue weighted by Crippen LogP contribution is -2.24. The molecule has 0 amide bonds. The maximum Gasteiger partial charge on any atom is 0.137 e. The number of Topliss-reactive ketones (excluding diaryl/α,β-unsaturated/α-hetero) is 1. The third kappa shape index (κ3) is 1.50. The predicted octanol–water partition coefficient (Wildman–Crippen LogP) is 2.88. The van der Waals surface area contributed by atoms with Crippen molar-refractivity contribution in [3.8, 4) is 0 Å². The van der Waals surface area contributed by atoms with E-state index in [9.17, 15) is 4.79 Å². The number of rotatable bonds is 1. The van der Waals surface area contributed by atoms with E-state index in [1.807, 2.05) is 13.0 Å². The maximum atomic E-state index is 11.3. The minimum atomic E-state index is 0.00116. The molecule has 1 nitrogen and oxygen atoms in total. The van der Waals surface area contributed by atoms with Crippen LogP contribution in [0.15, 0.2) is 23.8 Å². The Morgan fingerprint density at radius 1 is 1.50 bits per heavy atom. The van der Waals surface area contributed by atoms with Gasteiger partial charge in [-0.15, -0.1) is 0 Å². The monoisotopic (exact) mass is 164 g/mol. The van der Waals surface area contributed by atoms with Gasteiger partial charge < -0.3 is 0 Å². The van der Waals surface area contributed by atoms with Crippen LogP contribution in [-0.2, 0) is 4.79 Å². The molecule has 0 saturated carbocycles. The number of ketones is 1. The zero-order chi connectivity index (χ0) is 9.35. The van der Waals surface area contributed by atoms with Crippen molar-refractivity contribution >= 4 is 5.78 Å². The maximum absolute atomic E-state index is 11.3. The Bertz CT molecular complexity index is 256. The van der Waals surface area contributed by atoms with Crippen LogP contribution in [-0.4, -0.2) is 5.78 Å². The number of hydrogen-bond acceptors (Lipinski definition) is 1. The summed E-state index contributed by atoms with van der Waals surface area (Å²) in [6.45, 7) is 10.0. The Labute approximate surface area is 74.2 Å². The molecule has 0 aromatic rings. The predicted molar refractivity (Wildman–Crippen MR) is 50.9 cm³/mol. The molecule has 0 aromatic heterocycles. The second kappa shape index (κ2) is 2.89. The highest BCUT2D eigenvalue weighted by molar-refractivity contribution is 5.84. The molecule has 0 N–H and O–H groups in total. The van der Waals surface area contributed by atoms with Crippen molar-refractivity contribution in [2.45, 2.75) is 33.6 Å². The van der Waals surface area contributed by atoms with Crippen LogP contribution >= 0.6 is 0 Å². The SMILES string of the molecule is C=CC1=C(C)CC(=O)CC1(C)C. The van der Waals surface area contributed by atoms with Crippen LogP contribution in [0.4, 0.5) is 0 Å². The molecule has 1 heteroatoms. The highest BCUT2D eigenvalue weighted by Crippen LogP contribution is 2.38. The van der Waals surface area contributed by atoms with E-state index >= 15 is 0 Å². The molecule has 0 bridgehead atoms. The Hall–Kier alpha value is -0.850. The third-order valence-electron chi connectivity index (χ3n) is 2.49. The van der Waals surface area contributed by atoms with Gasteiger partial charge in [-0.25, -0.2) is 0 Å². The van der Waals surface area contributed by atoms with Crippen LogP contribution in [0.5, 0.6) is 0 Å². The number of carbonyl (C=O) groups is 1. The van der Waals surface area contributed by atoms with Crippen LogP contribution in [0.3, 0.4) is 0 Å². The van der Waals surface area contributed by atoms with Crippen LogP contribution in [0.1, 0.15) is 33.6 Å². The Kier molecular flexibility index (Phi) is 2.22. The highest BCUT2D eigenvalue weighted by atomic mass is 16.1. The van der Waals surface area contributed by atoms with Gasteiger partial charge in [0.05, 0.1) is 0 Å². The lowest BCUT2D eigenvalue weighted by molar-refractivity contribution is -0.120. The number of carbonyl (C=O) groups excluding carboxylic acids is 1. The van der Waals surface area contributed by atoms with Gasteiger partial charge in [0.15, 0.2) is 0 Å². The summed E-state index contributed by atoms with van der Waals surface area (Å²) in [5.41, 5.74) is 2.44. The molecule has 1 rings (SSSR count). The fourth-order valence-corrected chi connectivity index (χ4v) is 2.07. The number of hydrogen-bond donors (Lipinski definition) is 0. The summed E-state index contributed by atoms with van der Waals surface area (Å²) in [5.74, 6) is 0.350. The fourth-order valence-electron chi connectivity index (χ4n) is 2.07. The van der Waals surface area contributed by atoms with Gasteiger partial charge in [0.2, 0.25) is 0 Å². The minimum absolute atomic E-state index is 0.00116. The molecule has 0 heterocycles. The van der Waals surface area contributed by atoms with E-state index < -0.39 is 0 Å². The third-order valence-corrected chi connectivity index (χ3v) is 2.49. The quantitative estimate of drug-likeness (QED) is 0.582. The van der Waals surface area contributed by atoms with Crippen molar-refractivity contribution < 1.29 is 4.79 Å². The van der Waals surface area contributed by atoms with Gasteiger partial charge in [-0.3, -0.25) is 4.79 Å². The fraction of sp³-hybridized carbons (Fsp3) is 0.545. The van der Waals surface area contributed by atoms with Gasteiger partial charge in [0.1, 0.15) is 5.78 Å². The average Bonchev–Trinajstić information content (AvgIpc) is 1.82. The Morgan fingerprint density at radius 3 is 2.50 bits per heavy atom. The molecule has 0 atom stereocenters. The van der Waals surface area contributed by atoms with Crippen LogP contribution in [0.25, 0.3) is 0 Å². The van der Waals surface area contributed by atoms with E-state index in [1.54, 1.807) is 0 Å². The van der Waals surface area contributed by atoms with Gasteiger partial charge in [-0.1, -0.05) is 32.1 Å². The Balaban J connectivity index is 3.12. The standard InChI is InChI=1S/C11H16O/c1-5-10-8(2)6-9(12)7-11(10,3)4/h5H,1,6-7H2,2-4H3. The Morgan fingerprint density at radius 2 is 2.08 bits per heavy atom. The molecule has 0 aliphatic heterocycles. The first kappa shape index (κ1) is 9.24. The molecule has 0 aromatic carbocycles. The first-order chi connectivity index (χ1) is 5.47. The summed E-state index contributed by atoms with van der Waals surface area (Å²) >= 11 is 0. The lowest BCUT2D eigenvalue weighted by Gasteiger charge is -2.31. The molecular formula is C11H16O. The van der Waals surface area contributed by atoms with E-state index in [4.69, 9.17) is 0 Å². The van der Waals surface area contributed by atoms with Crippen molar-refractivity contribution in [3.05, 3.63) is 23.8 Å². The largest absolute Gasteiger partial charge is 0.299 e. The van der Waals surface area contributed by atoms with Crippen LogP contribution in [0, 0.1) is 5.41 Å². The molecule has 0 radical (unpaired) electrons. The topological polar surface area (TPSA) is 17.1 Å². The summed E-state index contributed by atoms with van der Waals surface area (Å²) in [7, 11) is 0. The van der Waals surface area contributed by atoms with E-state index in [2.05, 4.69) is 20.4 Å². The number of allylic oxidation sites excluding steroid dienone is 3. The van der Waals surface area contributed by atoms with Gasteiger partial charge in [0, 0.05) is 12.8 Å². The summed E-state index contributed by atoms with van der Waals surface area (Å²) in [4.78, 5) is 11.3. The summed E-state index contributed by atoms with van der Waals surface area (Å²) in [6, 6.07) is 0. The van der Waals surface area contributed by atoms with Crippen molar-refractivity contribution in [2.24, 2.45) is 5.41 Å². The minimum Gasteiger partial charge on any atom is -0.299 e. The molecular weight excluding hydrogens is 148 g/mol. The average molecular weight is 164 g/mol. The smallest absolute Gasteiger partial charge is 0.137 e. The zero-order valence-corrected chi connectivity index (χ0v) is 8.11. The highest BCUT2D eigenvalue weighted by Gasteiger charge is 2.30. The molecule has 0 fully saturated rings. The van der Waals surface area contributed by atoms with Crippen molar-refractivity contribution in [1.82, 2.24) is 0 Å². The van der Waals surface area contributed by atoms with E-state index in [0.717, 1.165) is 0 Å². The zero-order valence-electron chi connectivity index (χ0n) is 8.11. The molecule has 66 valence electrons. The summed E-state index contributed by atoms with van der Waals surface area (Å²) in [6.07, 6.45) is 3.16.